The summed E-state index contributed by atoms with van der Waals surface area (Å²) in [5.74, 6) is -0.743. The van der Waals surface area contributed by atoms with Crippen LogP contribution in [0, 0.1) is 5.92 Å². The number of carboxylic acids is 1. The van der Waals surface area contributed by atoms with Gasteiger partial charge in [0.2, 0.25) is 11.8 Å². The van der Waals surface area contributed by atoms with Crippen LogP contribution in [-0.2, 0) is 9.59 Å². The van der Waals surface area contributed by atoms with Crippen molar-refractivity contribution in [3.05, 3.63) is 47.9 Å². The van der Waals surface area contributed by atoms with E-state index in [1.807, 2.05) is 6.07 Å². The molecule has 1 atom stereocenters. The van der Waals surface area contributed by atoms with Gasteiger partial charge in [0.25, 0.3) is 5.91 Å². The molecule has 2 aromatic rings. The van der Waals surface area contributed by atoms with Crippen LogP contribution in [-0.4, -0.2) is 95.5 Å². The number of hydrogen-bond acceptors (Lipinski definition) is 9. The fourth-order valence-corrected chi connectivity index (χ4v) is 5.37. The Morgan fingerprint density at radius 2 is 1.69 bits per heavy atom. The van der Waals surface area contributed by atoms with E-state index < -0.39 is 23.8 Å². The highest BCUT2D eigenvalue weighted by atomic mass is 16.4. The van der Waals surface area contributed by atoms with Crippen LogP contribution < -0.4 is 20.4 Å². The number of hydrogen-bond donors (Lipinski definition) is 3. The van der Waals surface area contributed by atoms with Crippen molar-refractivity contribution in [2.75, 3.05) is 55.6 Å². The fraction of sp³-hybridized carbons (Fsp3) is 0.481. The van der Waals surface area contributed by atoms with Crippen LogP contribution in [0.15, 0.2) is 36.7 Å². The number of anilines is 2. The molecule has 5 rings (SSSR count). The van der Waals surface area contributed by atoms with Crippen LogP contribution in [0.5, 0.6) is 0 Å². The van der Waals surface area contributed by atoms with Crippen LogP contribution in [0.25, 0.3) is 0 Å². The Hall–Kier alpha value is -4.06. The zero-order valence-corrected chi connectivity index (χ0v) is 21.7. The predicted molar refractivity (Wildman–Crippen MR) is 143 cm³/mol. The number of carbonyl (C=O) groups is 4. The summed E-state index contributed by atoms with van der Waals surface area (Å²) in [6, 6.07) is 6.22. The molecule has 0 radical (unpaired) electrons. The number of aromatic nitrogens is 2. The van der Waals surface area contributed by atoms with Gasteiger partial charge in [0.05, 0.1) is 17.4 Å². The van der Waals surface area contributed by atoms with Gasteiger partial charge in [0.15, 0.2) is 0 Å². The van der Waals surface area contributed by atoms with E-state index in [1.165, 1.54) is 6.20 Å². The van der Waals surface area contributed by atoms with Crippen LogP contribution >= 0.6 is 0 Å². The molecule has 0 saturated carbocycles. The monoisotopic (exact) mass is 535 g/mol. The quantitative estimate of drug-likeness (QED) is 0.434. The largest absolute Gasteiger partial charge is 0.478 e. The summed E-state index contributed by atoms with van der Waals surface area (Å²) in [5.41, 5.74) is 1.40. The number of piperidine rings is 2. The molecule has 3 amide bonds. The van der Waals surface area contributed by atoms with Crippen molar-refractivity contribution < 1.29 is 24.3 Å². The zero-order valence-electron chi connectivity index (χ0n) is 21.7. The summed E-state index contributed by atoms with van der Waals surface area (Å²) in [5, 5.41) is 13.9. The van der Waals surface area contributed by atoms with E-state index in [-0.39, 0.29) is 30.0 Å². The molecule has 5 heterocycles. The second-order valence-corrected chi connectivity index (χ2v) is 10.3. The highest BCUT2D eigenvalue weighted by Crippen LogP contribution is 2.24. The van der Waals surface area contributed by atoms with E-state index in [9.17, 15) is 19.2 Å². The van der Waals surface area contributed by atoms with Gasteiger partial charge in [-0.15, -0.1) is 0 Å². The Balaban J connectivity index is 1.04. The summed E-state index contributed by atoms with van der Waals surface area (Å²) in [6.45, 7) is 6.56. The van der Waals surface area contributed by atoms with E-state index in [2.05, 4.69) is 35.3 Å². The van der Waals surface area contributed by atoms with E-state index in [1.54, 1.807) is 24.4 Å². The minimum Gasteiger partial charge on any atom is -0.478 e. The summed E-state index contributed by atoms with van der Waals surface area (Å²) < 4.78 is 0. The smallest absolute Gasteiger partial charge is 0.337 e. The van der Waals surface area contributed by atoms with Gasteiger partial charge in [0, 0.05) is 58.4 Å². The first-order chi connectivity index (χ1) is 18.9. The third kappa shape index (κ3) is 6.51. The maximum Gasteiger partial charge on any atom is 0.337 e. The maximum absolute atomic E-state index is 12.5. The topological polar surface area (TPSA) is 148 Å². The SMILES string of the molecule is O=C1CC[C@H](NC(=O)c2ccc(N3CCN(CC4CCN(c5ccc(C(=O)O)cn5)CC4)CC3)cn2)C(=O)N1. The van der Waals surface area contributed by atoms with Crippen molar-refractivity contribution >= 4 is 35.2 Å². The first kappa shape index (κ1) is 26.5. The lowest BCUT2D eigenvalue weighted by Crippen LogP contribution is -2.52. The van der Waals surface area contributed by atoms with Gasteiger partial charge in [0.1, 0.15) is 17.6 Å². The number of carboxylic acid groups (broad SMARTS) is 1. The van der Waals surface area contributed by atoms with Gasteiger partial charge in [-0.2, -0.15) is 0 Å². The number of imide groups is 1. The molecule has 3 saturated heterocycles. The zero-order chi connectivity index (χ0) is 27.4. The number of pyridine rings is 2. The number of carbonyl (C=O) groups excluding carboxylic acids is 3. The maximum atomic E-state index is 12.5. The second kappa shape index (κ2) is 11.8. The molecule has 12 nitrogen and oxygen atoms in total. The van der Waals surface area contributed by atoms with E-state index >= 15 is 0 Å². The lowest BCUT2D eigenvalue weighted by atomic mass is 9.96. The molecule has 3 aliphatic heterocycles. The van der Waals surface area contributed by atoms with E-state index in [4.69, 9.17) is 5.11 Å². The third-order valence-corrected chi connectivity index (χ3v) is 7.71. The molecule has 3 aliphatic rings. The number of nitrogens with one attached hydrogen (secondary N) is 2. The van der Waals surface area contributed by atoms with Gasteiger partial charge in [-0.1, -0.05) is 0 Å². The predicted octanol–water partition coefficient (Wildman–Crippen LogP) is 0.748. The van der Waals surface area contributed by atoms with Gasteiger partial charge in [-0.25, -0.2) is 14.8 Å². The molecular formula is C27H33N7O5. The van der Waals surface area contributed by atoms with Crippen LogP contribution in [0.4, 0.5) is 11.5 Å². The van der Waals surface area contributed by atoms with Crippen molar-refractivity contribution in [3.8, 4) is 0 Å². The molecular weight excluding hydrogens is 502 g/mol. The molecule has 3 N–H and O–H groups in total. The minimum atomic E-state index is -0.962. The number of rotatable bonds is 7. The number of aromatic carboxylic acids is 1. The Labute approximate surface area is 226 Å². The third-order valence-electron chi connectivity index (χ3n) is 7.71. The molecule has 0 spiro atoms. The van der Waals surface area contributed by atoms with Gasteiger partial charge in [-0.3, -0.25) is 24.6 Å². The van der Waals surface area contributed by atoms with Gasteiger partial charge in [-0.05, 0) is 49.4 Å². The van der Waals surface area contributed by atoms with Gasteiger partial charge >= 0.3 is 5.97 Å². The summed E-state index contributed by atoms with van der Waals surface area (Å²) in [7, 11) is 0. The summed E-state index contributed by atoms with van der Waals surface area (Å²) in [6.07, 6.45) is 5.77. The lowest BCUT2D eigenvalue weighted by Gasteiger charge is -2.39. The molecule has 0 aromatic carbocycles. The van der Waals surface area contributed by atoms with Gasteiger partial charge < -0.3 is 20.2 Å². The molecule has 12 heteroatoms. The lowest BCUT2D eigenvalue weighted by molar-refractivity contribution is -0.134. The van der Waals surface area contributed by atoms with Crippen LogP contribution in [0.1, 0.15) is 46.5 Å². The van der Waals surface area contributed by atoms with Crippen molar-refractivity contribution in [2.45, 2.75) is 31.7 Å². The molecule has 39 heavy (non-hydrogen) atoms. The Bertz CT molecular complexity index is 1200. The second-order valence-electron chi connectivity index (χ2n) is 10.3. The molecule has 0 unspecified atom stereocenters. The Morgan fingerprint density at radius 1 is 0.923 bits per heavy atom. The normalized spacial score (nSPS) is 21.0. The number of amides is 3. The molecule has 3 fully saturated rings. The first-order valence-electron chi connectivity index (χ1n) is 13.4. The summed E-state index contributed by atoms with van der Waals surface area (Å²) >= 11 is 0. The van der Waals surface area contributed by atoms with Crippen molar-refractivity contribution in [3.63, 3.8) is 0 Å². The minimum absolute atomic E-state index is 0.203. The van der Waals surface area contributed by atoms with Crippen LogP contribution in [0.3, 0.4) is 0 Å². The van der Waals surface area contributed by atoms with Crippen LogP contribution in [0.2, 0.25) is 0 Å². The van der Waals surface area contributed by atoms with Crippen molar-refractivity contribution in [2.24, 2.45) is 5.92 Å². The number of nitrogens with zero attached hydrogens (tertiary/aromatic N) is 5. The Kier molecular flexibility index (Phi) is 8.01. The standard InChI is InChI=1S/C27H33N7O5/c35-24-6-4-22(26(37)31-24)30-25(36)21-3-2-20(16-28-21)33-13-11-32(12-14-33)17-18-7-9-34(10-8-18)23-5-1-19(15-29-23)27(38)39/h1-3,5,15-16,18,22H,4,6-14,17H2,(H,30,36)(H,38,39)(H,31,35,37)/t22-/m0/s1. The summed E-state index contributed by atoms with van der Waals surface area (Å²) in [4.78, 5) is 62.4. The molecule has 0 aliphatic carbocycles. The molecule has 0 bridgehead atoms. The molecule has 2 aromatic heterocycles. The molecule has 206 valence electrons. The van der Waals surface area contributed by atoms with Crippen molar-refractivity contribution in [1.82, 2.24) is 25.5 Å². The van der Waals surface area contributed by atoms with E-state index in [0.29, 0.717) is 5.92 Å². The average molecular weight is 536 g/mol. The van der Waals surface area contributed by atoms with E-state index in [0.717, 1.165) is 70.2 Å². The highest BCUT2D eigenvalue weighted by Gasteiger charge is 2.29. The van der Waals surface area contributed by atoms with Crippen molar-refractivity contribution in [1.29, 1.82) is 0 Å². The Morgan fingerprint density at radius 3 is 2.31 bits per heavy atom. The first-order valence-corrected chi connectivity index (χ1v) is 13.4. The average Bonchev–Trinajstić information content (AvgIpc) is 2.95. The number of piperazine rings is 1. The fourth-order valence-electron chi connectivity index (χ4n) is 5.37. The highest BCUT2D eigenvalue weighted by molar-refractivity contribution is 6.03.